The van der Waals surface area contributed by atoms with Gasteiger partial charge in [-0.2, -0.15) is 0 Å². The van der Waals surface area contributed by atoms with Crippen molar-refractivity contribution in [3.8, 4) is 57.5 Å². The molecule has 4 saturated carbocycles. The Labute approximate surface area is 1010 Å². The summed E-state index contributed by atoms with van der Waals surface area (Å²) in [5.74, 6) is 9.50. The molecular formula is C105H109I15O17. The maximum atomic E-state index is 12.6. The Morgan fingerprint density at radius 2 is 0.810 bits per heavy atom. The number of carbonyl (C=O) groups is 3. The topological polar surface area (TPSA) is 180 Å². The van der Waals surface area contributed by atoms with Gasteiger partial charge in [-0.05, 0) is 591 Å². The molecule has 2 unspecified atom stereocenters. The van der Waals surface area contributed by atoms with Gasteiger partial charge in [-0.25, -0.2) is 9.59 Å². The molecule has 5 aliphatic rings. The van der Waals surface area contributed by atoms with E-state index in [0.717, 1.165) is 171 Å². The number of ether oxygens (including phenoxy) is 14. The number of esters is 3. The van der Waals surface area contributed by atoms with Crippen LogP contribution in [0.4, 0.5) is 0 Å². The average Bonchev–Trinajstić information content (AvgIpc) is 0.731. The fourth-order valence-corrected chi connectivity index (χ4v) is 29.7. The normalized spacial score (nSPS) is 16.2. The number of hydrogen-bond acceptors (Lipinski definition) is 17. The summed E-state index contributed by atoms with van der Waals surface area (Å²) in [6, 6.07) is 39.1. The van der Waals surface area contributed by atoms with Gasteiger partial charge in [0.05, 0.1) is 93.7 Å². The molecule has 736 valence electrons. The van der Waals surface area contributed by atoms with E-state index in [4.69, 9.17) is 66.3 Å². The van der Waals surface area contributed by atoms with Crippen LogP contribution in [-0.2, 0) is 28.5 Å². The van der Waals surface area contributed by atoms with Crippen LogP contribution in [0, 0.1) is 77.2 Å². The molecule has 17 nitrogen and oxygen atoms in total. The van der Waals surface area contributed by atoms with Gasteiger partial charge in [-0.1, -0.05) is 126 Å². The zero-order valence-corrected chi connectivity index (χ0v) is 110. The lowest BCUT2D eigenvalue weighted by Crippen LogP contribution is -2.58. The first-order chi connectivity index (χ1) is 65.0. The van der Waals surface area contributed by atoms with E-state index in [2.05, 4.69) is 463 Å². The highest BCUT2D eigenvalue weighted by Crippen LogP contribution is 2.60. The third-order valence-corrected chi connectivity index (χ3v) is 32.7. The second-order valence-electron chi connectivity index (χ2n) is 31.7. The average molecular weight is 3550 g/mol. The smallest absolute Gasteiger partial charge is 0.344 e. The van der Waals surface area contributed by atoms with E-state index in [0.29, 0.717) is 46.1 Å². The zero-order valence-electron chi connectivity index (χ0n) is 77.6. The number of rotatable bonds is 29. The van der Waals surface area contributed by atoms with Gasteiger partial charge < -0.3 is 66.3 Å². The van der Waals surface area contributed by atoms with E-state index >= 15 is 0 Å². The molecule has 1 aliphatic heterocycles. The molecule has 2 atom stereocenters. The minimum Gasteiger partial charge on any atom is -0.492 e. The monoisotopic (exact) mass is 3550 g/mol. The summed E-state index contributed by atoms with van der Waals surface area (Å²) >= 11 is 33.5. The van der Waals surface area contributed by atoms with E-state index in [9.17, 15) is 14.4 Å². The van der Waals surface area contributed by atoms with Crippen LogP contribution in [0.5, 0.6) is 57.5 Å². The van der Waals surface area contributed by atoms with Crippen LogP contribution in [0.2, 0.25) is 0 Å². The Hall–Kier alpha value is -1.46. The van der Waals surface area contributed by atoms with Crippen molar-refractivity contribution in [1.82, 2.24) is 0 Å². The van der Waals surface area contributed by atoms with Gasteiger partial charge in [0, 0.05) is 26.0 Å². The van der Waals surface area contributed by atoms with Crippen molar-refractivity contribution in [2.75, 3.05) is 55.1 Å². The summed E-state index contributed by atoms with van der Waals surface area (Å²) in [5, 5.41) is 0. The van der Waals surface area contributed by atoms with Crippen molar-refractivity contribution in [1.29, 1.82) is 0 Å². The highest BCUT2D eigenvalue weighted by molar-refractivity contribution is 14.1. The van der Waals surface area contributed by atoms with Crippen LogP contribution in [-0.4, -0.2) is 96.7 Å². The fourth-order valence-electron chi connectivity index (χ4n) is 14.4. The van der Waals surface area contributed by atoms with Gasteiger partial charge in [0.25, 0.3) is 0 Å². The summed E-state index contributed by atoms with van der Waals surface area (Å²) in [4.78, 5) is 35.4. The summed E-state index contributed by atoms with van der Waals surface area (Å²) in [6.45, 7) is 45.5. The molecule has 137 heavy (non-hydrogen) atoms. The minimum absolute atomic E-state index is 0.0265. The molecule has 14 rings (SSSR count). The predicted octanol–water partition coefficient (Wildman–Crippen LogP) is 34.2. The molecule has 1 saturated heterocycles. The lowest BCUT2D eigenvalue weighted by molar-refractivity contribution is -0.204. The molecule has 1 heterocycles. The largest absolute Gasteiger partial charge is 0.492 e. The molecule has 0 spiro atoms. The lowest BCUT2D eigenvalue weighted by atomic mass is 9.50. The van der Waals surface area contributed by atoms with Crippen LogP contribution < -0.4 is 47.4 Å². The van der Waals surface area contributed by atoms with E-state index in [1.807, 2.05) is 110 Å². The van der Waals surface area contributed by atoms with Gasteiger partial charge in [-0.3, -0.25) is 4.79 Å². The molecule has 0 N–H and O–H groups in total. The van der Waals surface area contributed by atoms with Gasteiger partial charge in [0.15, 0.2) is 49.0 Å². The van der Waals surface area contributed by atoms with Crippen LogP contribution in [0.25, 0.3) is 48.6 Å². The second-order valence-corrected chi connectivity index (χ2v) is 49.1. The Morgan fingerprint density at radius 1 is 0.445 bits per heavy atom. The first-order valence-corrected chi connectivity index (χ1v) is 58.8. The third kappa shape index (κ3) is 39.8. The molecule has 0 radical (unpaired) electrons. The van der Waals surface area contributed by atoms with Crippen LogP contribution in [0.1, 0.15) is 161 Å². The molecular weight excluding hydrogens is 3440 g/mol. The van der Waals surface area contributed by atoms with E-state index in [1.54, 1.807) is 58.8 Å². The van der Waals surface area contributed by atoms with E-state index in [-0.39, 0.29) is 55.1 Å². The van der Waals surface area contributed by atoms with Crippen LogP contribution in [0.3, 0.4) is 0 Å². The van der Waals surface area contributed by atoms with Crippen molar-refractivity contribution in [3.05, 3.63) is 278 Å². The van der Waals surface area contributed by atoms with Crippen molar-refractivity contribution >= 4 is 405 Å². The summed E-state index contributed by atoms with van der Waals surface area (Å²) in [6.07, 6.45) is 24.8. The molecule has 9 aromatic carbocycles. The van der Waals surface area contributed by atoms with E-state index in [1.165, 1.54) is 45.4 Å². The Bertz CT molecular complexity index is 5490. The van der Waals surface area contributed by atoms with E-state index < -0.39 is 0 Å². The number of benzene rings is 9. The maximum absolute atomic E-state index is 12.6. The van der Waals surface area contributed by atoms with Gasteiger partial charge in [0.2, 0.25) is 5.75 Å². The molecule has 4 aliphatic carbocycles. The molecule has 5 fully saturated rings. The highest BCUT2D eigenvalue weighted by Gasteiger charge is 2.57. The highest BCUT2D eigenvalue weighted by atomic mass is 127. The quantitative estimate of drug-likeness (QED) is 0.0187. The molecule has 32 heteroatoms. The van der Waals surface area contributed by atoms with Crippen LogP contribution >= 0.6 is 339 Å². The number of carbonyl (C=O) groups excluding carboxylic acids is 3. The number of methoxy groups -OCH3 is 4. The standard InChI is InChI=1S/C21H24I2O3.C15H10I2O2.C13H14I2O2.C13H16I2O2.C12H14I2O.C11H13IO3.C10H10I2O2.C10H8I2O2/c1-3-12-9-17(22)20(18(23)10-12)25-11-19(24)26-21(2)15-5-13-4-14(7-15)8-16(21)6-13;1-2-10-8-12(16)14(13(17)9-10)19-15(18)11-6-4-3-5-7-11;1-2-9-7-10(14)13(11(15)8-9)17-12-5-3-4-6-16-12;1-4-6-16-9(3)17-13-11(14)7-10(5-2)8-12(13)15;1-5-8-6-9(13)11(10(14)7-8)15-12(2,3)4;1-5-7-6-8(12)10(14-3)11(15-4)9(7)13-2;1-3-7-4-8(11)10(9(12)5-7)14-6-13-2;1-3-7-4-8(11)10(9(12)5-7)14-6(2)13/h3,9-10,13-16H,1,4-8,11H2,2H3;2-9H,1H2;2,7-8,12H,1,3-6H2;5,7-9H,2,4,6H2,1,3H3;5-7H,1H2,2-4H3;5-6H,1H2,2-4H3;3-5H,1,6H2,2H3;3-5H,1H2,2H3. The van der Waals surface area contributed by atoms with Crippen molar-refractivity contribution in [2.45, 2.75) is 130 Å². The zero-order chi connectivity index (χ0) is 102. The number of hydrogen-bond donors (Lipinski definition) is 0. The lowest BCUT2D eigenvalue weighted by Gasteiger charge is -2.59. The first kappa shape index (κ1) is 124. The fraction of sp³-hybridized carbons (Fsp3) is 0.305. The maximum Gasteiger partial charge on any atom is 0.344 e. The SMILES string of the molecule is C=Cc1cc(I)c(OC(=O)c2ccccc2)c(I)c1.C=Cc1cc(I)c(OC(C)(C)C)c(I)c1.C=Cc1cc(I)c(OC(C)=O)c(I)c1.C=Cc1cc(I)c(OC(C)OCCC)c(I)c1.C=Cc1cc(I)c(OC)c(OC)c1OC.C=Cc1cc(I)c(OC2CCCCO2)c(I)c1.C=Cc1cc(I)c(OCC(=O)OC2(C)C3CC4CC(C3)CC2C4)c(I)c1.C=Cc1cc(I)c(OCOC)c(I)c1. The Balaban J connectivity index is 0.000000243. The molecule has 0 aromatic heterocycles. The van der Waals surface area contributed by atoms with Crippen molar-refractivity contribution in [3.63, 3.8) is 0 Å². The van der Waals surface area contributed by atoms with Crippen molar-refractivity contribution in [2.24, 2.45) is 23.7 Å². The van der Waals surface area contributed by atoms with Crippen LogP contribution in [0.15, 0.2) is 174 Å². The van der Waals surface area contributed by atoms with Gasteiger partial charge in [-0.15, -0.1) is 0 Å². The molecule has 9 aromatic rings. The first-order valence-electron chi connectivity index (χ1n) is 42.6. The van der Waals surface area contributed by atoms with Gasteiger partial charge in [0.1, 0.15) is 39.9 Å². The minimum atomic E-state index is -0.345. The van der Waals surface area contributed by atoms with Gasteiger partial charge >= 0.3 is 17.9 Å². The third-order valence-electron chi connectivity index (χ3n) is 20.6. The Kier molecular flexibility index (Phi) is 57.5. The van der Waals surface area contributed by atoms with Crippen molar-refractivity contribution < 1.29 is 80.7 Å². The predicted molar refractivity (Wildman–Crippen MR) is 686 cm³/mol. The summed E-state index contributed by atoms with van der Waals surface area (Å²) < 4.78 is 92.7. The molecule has 4 bridgehead atoms. The summed E-state index contributed by atoms with van der Waals surface area (Å²) in [7, 11) is 6.39. The Morgan fingerprint density at radius 3 is 1.16 bits per heavy atom. The second kappa shape index (κ2) is 63.4. The number of halogens is 15. The molecule has 0 amide bonds. The summed E-state index contributed by atoms with van der Waals surface area (Å²) in [5.41, 5.74) is 8.52.